The van der Waals surface area contributed by atoms with E-state index in [1.54, 1.807) is 31.4 Å². The van der Waals surface area contributed by atoms with Crippen LogP contribution < -0.4 is 14.4 Å². The first-order chi connectivity index (χ1) is 12.7. The number of piperazine rings is 1. The lowest BCUT2D eigenvalue weighted by molar-refractivity contribution is 0.0746. The third-order valence-electron chi connectivity index (χ3n) is 4.42. The van der Waals surface area contributed by atoms with E-state index >= 15 is 0 Å². The van der Waals surface area contributed by atoms with E-state index in [0.29, 0.717) is 24.4 Å². The molecule has 0 bridgehead atoms. The van der Waals surface area contributed by atoms with Gasteiger partial charge >= 0.3 is 0 Å². The van der Waals surface area contributed by atoms with Crippen molar-refractivity contribution in [3.05, 3.63) is 54.1 Å². The number of nitrogens with zero attached hydrogens (tertiary/aromatic N) is 2. The molecular formula is C21H22N2O3. The molecule has 0 radical (unpaired) electrons. The van der Waals surface area contributed by atoms with E-state index in [4.69, 9.17) is 15.9 Å². The van der Waals surface area contributed by atoms with Crippen molar-refractivity contribution in [1.29, 1.82) is 0 Å². The third kappa shape index (κ3) is 3.92. The molecule has 0 atom stereocenters. The number of terminal acetylenes is 1. The van der Waals surface area contributed by atoms with E-state index in [-0.39, 0.29) is 12.5 Å². The highest BCUT2D eigenvalue weighted by Gasteiger charge is 2.23. The Balaban J connectivity index is 1.61. The first-order valence-electron chi connectivity index (χ1n) is 8.56. The maximum atomic E-state index is 12.7. The Hall–Kier alpha value is -3.13. The number of benzene rings is 2. The Morgan fingerprint density at radius 2 is 1.77 bits per heavy atom. The van der Waals surface area contributed by atoms with Gasteiger partial charge in [0.05, 0.1) is 12.8 Å². The summed E-state index contributed by atoms with van der Waals surface area (Å²) in [5, 5.41) is 0. The van der Waals surface area contributed by atoms with Crippen LogP contribution in [0.2, 0.25) is 0 Å². The number of hydrogen-bond acceptors (Lipinski definition) is 4. The maximum absolute atomic E-state index is 12.7. The van der Waals surface area contributed by atoms with Crippen LogP contribution in [0, 0.1) is 12.3 Å². The minimum atomic E-state index is 0.0353. The van der Waals surface area contributed by atoms with Crippen LogP contribution in [0.4, 0.5) is 5.69 Å². The molecule has 1 amide bonds. The minimum absolute atomic E-state index is 0.0353. The molecule has 3 rings (SSSR count). The zero-order chi connectivity index (χ0) is 18.4. The molecule has 0 N–H and O–H groups in total. The molecule has 0 aromatic heterocycles. The molecule has 1 fully saturated rings. The van der Waals surface area contributed by atoms with Crippen molar-refractivity contribution >= 4 is 11.6 Å². The number of anilines is 1. The van der Waals surface area contributed by atoms with Crippen LogP contribution in [0.1, 0.15) is 10.4 Å². The van der Waals surface area contributed by atoms with Gasteiger partial charge in [-0.3, -0.25) is 4.79 Å². The van der Waals surface area contributed by atoms with Gasteiger partial charge in [0.2, 0.25) is 0 Å². The Bertz CT molecular complexity index is 788. The van der Waals surface area contributed by atoms with Crippen molar-refractivity contribution in [1.82, 2.24) is 4.90 Å². The zero-order valence-corrected chi connectivity index (χ0v) is 14.9. The van der Waals surface area contributed by atoms with Gasteiger partial charge in [0.1, 0.15) is 18.1 Å². The van der Waals surface area contributed by atoms with Crippen LogP contribution in [0.15, 0.2) is 48.5 Å². The predicted octanol–water partition coefficient (Wildman–Crippen LogP) is 2.67. The largest absolute Gasteiger partial charge is 0.495 e. The summed E-state index contributed by atoms with van der Waals surface area (Å²) in [5.41, 5.74) is 1.72. The standard InChI is InChI=1S/C21H22N2O3/c1-3-16-26-18-10-8-17(9-11-18)21(24)23-14-12-22(13-15-23)19-6-4-5-7-20(19)25-2/h1,4-11H,12-16H2,2H3. The van der Waals surface area contributed by atoms with E-state index in [9.17, 15) is 4.79 Å². The van der Waals surface area contributed by atoms with E-state index in [1.807, 2.05) is 29.2 Å². The first-order valence-corrected chi connectivity index (χ1v) is 8.56. The normalized spacial score (nSPS) is 13.8. The highest BCUT2D eigenvalue weighted by Crippen LogP contribution is 2.28. The highest BCUT2D eigenvalue weighted by atomic mass is 16.5. The van der Waals surface area contributed by atoms with E-state index in [0.717, 1.165) is 24.5 Å². The molecule has 2 aromatic carbocycles. The smallest absolute Gasteiger partial charge is 0.253 e. The lowest BCUT2D eigenvalue weighted by Crippen LogP contribution is -2.48. The number of para-hydroxylation sites is 2. The molecule has 1 aliphatic heterocycles. The molecule has 1 aliphatic rings. The van der Waals surface area contributed by atoms with Gasteiger partial charge in [0.25, 0.3) is 5.91 Å². The summed E-state index contributed by atoms with van der Waals surface area (Å²) in [4.78, 5) is 16.8. The monoisotopic (exact) mass is 350 g/mol. The fourth-order valence-corrected chi connectivity index (χ4v) is 3.04. The highest BCUT2D eigenvalue weighted by molar-refractivity contribution is 5.94. The van der Waals surface area contributed by atoms with Crippen LogP contribution in [0.25, 0.3) is 0 Å². The number of ether oxygens (including phenoxy) is 2. The molecule has 26 heavy (non-hydrogen) atoms. The molecule has 0 aliphatic carbocycles. The van der Waals surface area contributed by atoms with E-state index < -0.39 is 0 Å². The molecular weight excluding hydrogens is 328 g/mol. The summed E-state index contributed by atoms with van der Waals surface area (Å²) in [6.45, 7) is 3.11. The van der Waals surface area contributed by atoms with Gasteiger partial charge in [0, 0.05) is 31.7 Å². The molecule has 1 heterocycles. The molecule has 5 heteroatoms. The molecule has 0 unspecified atom stereocenters. The van der Waals surface area contributed by atoms with Crippen molar-refractivity contribution in [2.45, 2.75) is 0 Å². The Kier molecular flexibility index (Phi) is 5.65. The SMILES string of the molecule is C#CCOc1ccc(C(=O)N2CCN(c3ccccc3OC)CC2)cc1. The van der Waals surface area contributed by atoms with Gasteiger partial charge in [-0.25, -0.2) is 0 Å². The second-order valence-corrected chi connectivity index (χ2v) is 5.97. The zero-order valence-electron chi connectivity index (χ0n) is 14.9. The maximum Gasteiger partial charge on any atom is 0.253 e. The third-order valence-corrected chi connectivity index (χ3v) is 4.42. The van der Waals surface area contributed by atoms with Gasteiger partial charge < -0.3 is 19.3 Å². The molecule has 2 aromatic rings. The van der Waals surface area contributed by atoms with Gasteiger partial charge in [-0.1, -0.05) is 18.1 Å². The second-order valence-electron chi connectivity index (χ2n) is 5.97. The summed E-state index contributed by atoms with van der Waals surface area (Å²) >= 11 is 0. The Morgan fingerprint density at radius 3 is 2.42 bits per heavy atom. The van der Waals surface area contributed by atoms with E-state index in [2.05, 4.69) is 10.8 Å². The van der Waals surface area contributed by atoms with Crippen molar-refractivity contribution in [2.24, 2.45) is 0 Å². The lowest BCUT2D eigenvalue weighted by Gasteiger charge is -2.36. The van der Waals surface area contributed by atoms with Crippen LogP contribution in [-0.4, -0.2) is 50.7 Å². The van der Waals surface area contributed by atoms with Crippen molar-refractivity contribution < 1.29 is 14.3 Å². The summed E-state index contributed by atoms with van der Waals surface area (Å²) in [5.74, 6) is 3.98. The number of carbonyl (C=O) groups is 1. The summed E-state index contributed by atoms with van der Waals surface area (Å²) in [6.07, 6.45) is 5.18. The second kappa shape index (κ2) is 8.30. The molecule has 5 nitrogen and oxygen atoms in total. The van der Waals surface area contributed by atoms with Gasteiger partial charge in [0.15, 0.2) is 0 Å². The topological polar surface area (TPSA) is 42.0 Å². The van der Waals surface area contributed by atoms with Gasteiger partial charge in [-0.15, -0.1) is 6.42 Å². The average molecular weight is 350 g/mol. The fourth-order valence-electron chi connectivity index (χ4n) is 3.04. The summed E-state index contributed by atoms with van der Waals surface area (Å²) < 4.78 is 10.8. The minimum Gasteiger partial charge on any atom is -0.495 e. The quantitative estimate of drug-likeness (QED) is 0.778. The Labute approximate surface area is 154 Å². The van der Waals surface area contributed by atoms with Gasteiger partial charge in [-0.2, -0.15) is 0 Å². The number of rotatable bonds is 5. The summed E-state index contributed by atoms with van der Waals surface area (Å²) in [6, 6.07) is 15.1. The lowest BCUT2D eigenvalue weighted by atomic mass is 10.1. The first kappa shape index (κ1) is 17.7. The van der Waals surface area contributed by atoms with Crippen LogP contribution >= 0.6 is 0 Å². The average Bonchev–Trinajstić information content (AvgIpc) is 2.72. The van der Waals surface area contributed by atoms with E-state index in [1.165, 1.54) is 0 Å². The number of methoxy groups -OCH3 is 1. The molecule has 0 saturated carbocycles. The number of hydrogen-bond donors (Lipinski definition) is 0. The van der Waals surface area contributed by atoms with Crippen molar-refractivity contribution in [3.8, 4) is 23.8 Å². The summed E-state index contributed by atoms with van der Waals surface area (Å²) in [7, 11) is 1.68. The molecule has 134 valence electrons. The number of amides is 1. The molecule has 0 spiro atoms. The van der Waals surface area contributed by atoms with Crippen molar-refractivity contribution in [3.63, 3.8) is 0 Å². The Morgan fingerprint density at radius 1 is 1.08 bits per heavy atom. The number of carbonyl (C=O) groups excluding carboxylic acids is 1. The van der Waals surface area contributed by atoms with Crippen LogP contribution in [-0.2, 0) is 0 Å². The van der Waals surface area contributed by atoms with Gasteiger partial charge in [-0.05, 0) is 36.4 Å². The van der Waals surface area contributed by atoms with Crippen LogP contribution in [0.3, 0.4) is 0 Å². The van der Waals surface area contributed by atoms with Crippen LogP contribution in [0.5, 0.6) is 11.5 Å². The molecule has 1 saturated heterocycles. The predicted molar refractivity (Wildman–Crippen MR) is 102 cm³/mol. The fraction of sp³-hybridized carbons (Fsp3) is 0.286. The van der Waals surface area contributed by atoms with Crippen molar-refractivity contribution in [2.75, 3.05) is 44.8 Å².